The zero-order valence-electron chi connectivity index (χ0n) is 12.5. The van der Waals surface area contributed by atoms with E-state index < -0.39 is 21.5 Å². The topological polar surface area (TPSA) is 108 Å². The van der Waals surface area contributed by atoms with Crippen molar-refractivity contribution < 1.29 is 13.2 Å². The van der Waals surface area contributed by atoms with Crippen molar-refractivity contribution in [3.05, 3.63) is 58.4 Å². The van der Waals surface area contributed by atoms with Gasteiger partial charge in [0.2, 0.25) is 10.0 Å². The fraction of sp³-hybridized carbons (Fsp3) is 0.200. The highest BCUT2D eigenvalue weighted by Gasteiger charge is 2.11. The number of nitrogens with one attached hydrogen (secondary N) is 3. The van der Waals surface area contributed by atoms with E-state index in [1.54, 1.807) is 6.07 Å². The molecule has 0 aliphatic heterocycles. The molecule has 23 heavy (non-hydrogen) atoms. The number of aromatic amines is 1. The molecule has 0 radical (unpaired) electrons. The number of amides is 1. The Kier molecular flexibility index (Phi) is 5.30. The van der Waals surface area contributed by atoms with Crippen LogP contribution in [-0.4, -0.2) is 38.7 Å². The summed E-state index contributed by atoms with van der Waals surface area (Å²) >= 11 is 0. The third-order valence-electron chi connectivity index (χ3n) is 3.01. The predicted molar refractivity (Wildman–Crippen MR) is 87.7 cm³/mol. The van der Waals surface area contributed by atoms with E-state index in [1.165, 1.54) is 6.07 Å². The Balaban J connectivity index is 2.03. The minimum Gasteiger partial charge on any atom is -0.351 e. The molecule has 1 heterocycles. The molecule has 0 aliphatic carbocycles. The van der Waals surface area contributed by atoms with Crippen LogP contribution < -0.4 is 15.6 Å². The summed E-state index contributed by atoms with van der Waals surface area (Å²) in [5.41, 5.74) is 0.934. The molecule has 0 saturated heterocycles. The quantitative estimate of drug-likeness (QED) is 0.661. The Morgan fingerprint density at radius 1 is 1.09 bits per heavy atom. The lowest BCUT2D eigenvalue weighted by molar-refractivity contribution is 0.0953. The SMILES string of the molecule is CS(=O)(=O)NCCNC(=O)c1ccc(-c2ccccc2)[nH]c1=O. The molecule has 7 nitrogen and oxygen atoms in total. The van der Waals surface area contributed by atoms with Crippen LogP contribution in [0.2, 0.25) is 0 Å². The first-order valence-electron chi connectivity index (χ1n) is 6.88. The minimum atomic E-state index is -3.30. The number of pyridine rings is 1. The molecule has 0 aliphatic rings. The fourth-order valence-corrected chi connectivity index (χ4v) is 2.42. The van der Waals surface area contributed by atoms with E-state index in [4.69, 9.17) is 0 Å². The summed E-state index contributed by atoms with van der Waals surface area (Å²) in [5, 5.41) is 2.49. The molecule has 3 N–H and O–H groups in total. The molecule has 0 bridgehead atoms. The van der Waals surface area contributed by atoms with Crippen molar-refractivity contribution in [2.24, 2.45) is 0 Å². The second-order valence-electron chi connectivity index (χ2n) is 4.90. The standard InChI is InChI=1S/C15H17N3O4S/c1-23(21,22)17-10-9-16-14(19)12-7-8-13(18-15(12)20)11-5-3-2-4-6-11/h2-8,17H,9-10H2,1H3,(H,16,19)(H,18,20). The first kappa shape index (κ1) is 16.9. The summed E-state index contributed by atoms with van der Waals surface area (Å²) in [7, 11) is -3.30. The van der Waals surface area contributed by atoms with Crippen LogP contribution in [0.5, 0.6) is 0 Å². The van der Waals surface area contributed by atoms with Crippen molar-refractivity contribution in [3.63, 3.8) is 0 Å². The van der Waals surface area contributed by atoms with Gasteiger partial charge in [-0.1, -0.05) is 30.3 Å². The Bertz CT molecular complexity index is 845. The third-order valence-corrected chi connectivity index (χ3v) is 3.74. The molecular formula is C15H17N3O4S. The molecule has 2 aromatic rings. The molecule has 0 fully saturated rings. The van der Waals surface area contributed by atoms with Crippen LogP contribution in [0.1, 0.15) is 10.4 Å². The monoisotopic (exact) mass is 335 g/mol. The van der Waals surface area contributed by atoms with Crippen molar-refractivity contribution in [2.75, 3.05) is 19.3 Å². The molecule has 0 atom stereocenters. The number of aromatic nitrogens is 1. The summed E-state index contributed by atoms with van der Waals surface area (Å²) in [4.78, 5) is 26.6. The summed E-state index contributed by atoms with van der Waals surface area (Å²) in [6.07, 6.45) is 1.03. The Labute approximate surface area is 133 Å². The van der Waals surface area contributed by atoms with Crippen molar-refractivity contribution >= 4 is 15.9 Å². The van der Waals surface area contributed by atoms with Crippen LogP contribution in [-0.2, 0) is 10.0 Å². The third kappa shape index (κ3) is 5.04. The molecular weight excluding hydrogens is 318 g/mol. The maximum atomic E-state index is 12.0. The van der Waals surface area contributed by atoms with Gasteiger partial charge in [-0.15, -0.1) is 0 Å². The van der Waals surface area contributed by atoms with E-state index in [0.29, 0.717) is 5.69 Å². The molecule has 0 unspecified atom stereocenters. The van der Waals surface area contributed by atoms with E-state index in [9.17, 15) is 18.0 Å². The average Bonchev–Trinajstić information content (AvgIpc) is 2.51. The van der Waals surface area contributed by atoms with Crippen LogP contribution in [0.4, 0.5) is 0 Å². The number of H-pyrrole nitrogens is 1. The highest BCUT2D eigenvalue weighted by atomic mass is 32.2. The highest BCUT2D eigenvalue weighted by molar-refractivity contribution is 7.88. The van der Waals surface area contributed by atoms with Crippen LogP contribution in [0, 0.1) is 0 Å². The number of sulfonamides is 1. The predicted octanol–water partition coefficient (Wildman–Crippen LogP) is 0.321. The second kappa shape index (κ2) is 7.21. The molecule has 1 amide bonds. The first-order chi connectivity index (χ1) is 10.9. The van der Waals surface area contributed by atoms with Crippen molar-refractivity contribution in [2.45, 2.75) is 0 Å². The van der Waals surface area contributed by atoms with Crippen LogP contribution in [0.25, 0.3) is 11.3 Å². The Morgan fingerprint density at radius 2 is 1.78 bits per heavy atom. The average molecular weight is 335 g/mol. The summed E-state index contributed by atoms with van der Waals surface area (Å²) in [6.45, 7) is 0.149. The lowest BCUT2D eigenvalue weighted by Crippen LogP contribution is -2.36. The number of benzene rings is 1. The molecule has 8 heteroatoms. The van der Waals surface area contributed by atoms with Gasteiger partial charge in [-0.25, -0.2) is 13.1 Å². The fourth-order valence-electron chi connectivity index (χ4n) is 1.95. The van der Waals surface area contributed by atoms with Gasteiger partial charge in [0.05, 0.1) is 6.26 Å². The zero-order valence-corrected chi connectivity index (χ0v) is 13.3. The van der Waals surface area contributed by atoms with Gasteiger partial charge in [-0.05, 0) is 17.7 Å². The van der Waals surface area contributed by atoms with Gasteiger partial charge in [0.1, 0.15) is 5.56 Å². The van der Waals surface area contributed by atoms with Gasteiger partial charge in [-0.2, -0.15) is 0 Å². The second-order valence-corrected chi connectivity index (χ2v) is 6.74. The van der Waals surface area contributed by atoms with Crippen molar-refractivity contribution in [1.82, 2.24) is 15.0 Å². The van der Waals surface area contributed by atoms with Gasteiger partial charge in [-0.3, -0.25) is 9.59 Å². The maximum absolute atomic E-state index is 12.0. The minimum absolute atomic E-state index is 0.0240. The van der Waals surface area contributed by atoms with E-state index in [0.717, 1.165) is 11.8 Å². The zero-order chi connectivity index (χ0) is 16.9. The van der Waals surface area contributed by atoms with Crippen LogP contribution >= 0.6 is 0 Å². The number of hydrogen-bond acceptors (Lipinski definition) is 4. The largest absolute Gasteiger partial charge is 0.351 e. The van der Waals surface area contributed by atoms with Crippen molar-refractivity contribution in [3.8, 4) is 11.3 Å². The van der Waals surface area contributed by atoms with E-state index in [2.05, 4.69) is 15.0 Å². The summed E-state index contributed by atoms with van der Waals surface area (Å²) in [5.74, 6) is -0.554. The van der Waals surface area contributed by atoms with Gasteiger partial charge in [0.15, 0.2) is 0 Å². The van der Waals surface area contributed by atoms with Gasteiger partial charge >= 0.3 is 0 Å². The van der Waals surface area contributed by atoms with E-state index in [-0.39, 0.29) is 18.7 Å². The Morgan fingerprint density at radius 3 is 2.39 bits per heavy atom. The van der Waals surface area contributed by atoms with Gasteiger partial charge in [0.25, 0.3) is 11.5 Å². The van der Waals surface area contributed by atoms with E-state index >= 15 is 0 Å². The lowest BCUT2D eigenvalue weighted by atomic mass is 10.1. The number of carbonyl (C=O) groups is 1. The van der Waals surface area contributed by atoms with Crippen LogP contribution in [0.15, 0.2) is 47.3 Å². The van der Waals surface area contributed by atoms with Gasteiger partial charge in [0, 0.05) is 18.8 Å². The van der Waals surface area contributed by atoms with Crippen molar-refractivity contribution in [1.29, 1.82) is 0 Å². The van der Waals surface area contributed by atoms with Crippen LogP contribution in [0.3, 0.4) is 0 Å². The Hall–Kier alpha value is -2.45. The summed E-state index contributed by atoms with van der Waals surface area (Å²) in [6, 6.07) is 12.4. The first-order valence-corrected chi connectivity index (χ1v) is 8.77. The normalized spacial score (nSPS) is 11.2. The molecule has 0 spiro atoms. The van der Waals surface area contributed by atoms with E-state index in [1.807, 2.05) is 30.3 Å². The molecule has 122 valence electrons. The number of rotatable bonds is 6. The van der Waals surface area contributed by atoms with Gasteiger partial charge < -0.3 is 10.3 Å². The molecule has 1 aromatic carbocycles. The maximum Gasteiger partial charge on any atom is 0.261 e. The number of hydrogen-bond donors (Lipinski definition) is 3. The molecule has 0 saturated carbocycles. The molecule has 1 aromatic heterocycles. The molecule has 2 rings (SSSR count). The lowest BCUT2D eigenvalue weighted by Gasteiger charge is -2.06. The highest BCUT2D eigenvalue weighted by Crippen LogP contribution is 2.14. The smallest absolute Gasteiger partial charge is 0.261 e. The summed E-state index contributed by atoms with van der Waals surface area (Å²) < 4.78 is 24.0. The number of carbonyl (C=O) groups excluding carboxylic acids is 1.